The van der Waals surface area contributed by atoms with Gasteiger partial charge in [-0.15, -0.1) is 0 Å². The molecule has 0 N–H and O–H groups in total. The number of allylic oxidation sites excluding steroid dienone is 4. The first kappa shape index (κ1) is 8.97. The van der Waals surface area contributed by atoms with Crippen LogP contribution in [0.25, 0.3) is 0 Å². The first-order valence-corrected chi connectivity index (χ1v) is 4.09. The molecule has 0 aromatic heterocycles. The topological polar surface area (TPSA) is 29.4 Å². The quantitative estimate of drug-likeness (QED) is 0.611. The maximum Gasteiger partial charge on any atom is 0.215 e. The maximum atomic E-state index is 10.9. The van der Waals surface area contributed by atoms with Gasteiger partial charge in [0.1, 0.15) is 0 Å². The molecule has 0 spiro atoms. The van der Waals surface area contributed by atoms with Gasteiger partial charge in [0.2, 0.25) is 5.78 Å². The minimum absolute atomic E-state index is 0.0794. The van der Waals surface area contributed by atoms with Crippen LogP contribution in [0.4, 0.5) is 0 Å². The molecule has 0 heterocycles. The Hall–Kier alpha value is -0.120. The number of Topliss-reactive ketones (excluding diaryl/α,β-unsaturated/α-hetero) is 1. The van der Waals surface area contributed by atoms with Gasteiger partial charge in [0.15, 0.2) is 0 Å². The summed E-state index contributed by atoms with van der Waals surface area (Å²) in [7, 11) is 0. The highest BCUT2D eigenvalue weighted by molar-refractivity contribution is 9.08. The molecule has 0 saturated carbocycles. The highest BCUT2D eigenvalue weighted by Crippen LogP contribution is 2.19. The molecule has 0 unspecified atom stereocenters. The van der Waals surface area contributed by atoms with E-state index in [9.17, 15) is 4.79 Å². The normalized spacial score (nSPS) is 17.7. The molecule has 0 saturated heterocycles. The van der Waals surface area contributed by atoms with Crippen LogP contribution < -0.4 is 0 Å². The van der Waals surface area contributed by atoms with Gasteiger partial charge in [-0.05, 0) is 12.2 Å². The molecule has 1 aliphatic rings. The molecule has 1 aliphatic carbocycles. The zero-order valence-corrected chi connectivity index (χ0v) is 8.24. The Kier molecular flexibility index (Phi) is 2.87. The fourth-order valence-corrected chi connectivity index (χ4v) is 1.28. The fourth-order valence-electron chi connectivity index (χ4n) is 0.595. The van der Waals surface area contributed by atoms with Gasteiger partial charge >= 0.3 is 0 Å². The number of nitrogens with zero attached hydrogens (tertiary/aromatic N) is 1. The van der Waals surface area contributed by atoms with Crippen molar-refractivity contribution >= 4 is 50.8 Å². The second-order valence-corrected chi connectivity index (χ2v) is 2.99. The molecule has 0 aromatic carbocycles. The van der Waals surface area contributed by atoms with E-state index in [1.807, 2.05) is 0 Å². The van der Waals surface area contributed by atoms with Crippen LogP contribution in [0.2, 0.25) is 0 Å². The Morgan fingerprint density at radius 2 is 1.73 bits per heavy atom. The number of rotatable bonds is 0. The third kappa shape index (κ3) is 1.92. The molecule has 0 atom stereocenters. The smallest absolute Gasteiger partial charge is 0.215 e. The standard InChI is InChI=1S/C6H2BrCl2NO/c7-10-3-1-4(8)6(11)5(9)2-3/h1-2H. The number of halogens is 3. The molecule has 11 heavy (non-hydrogen) atoms. The van der Waals surface area contributed by atoms with Gasteiger partial charge in [-0.2, -0.15) is 0 Å². The maximum absolute atomic E-state index is 10.9. The zero-order chi connectivity index (χ0) is 8.43. The number of ketones is 1. The van der Waals surface area contributed by atoms with Crippen LogP contribution in [0.1, 0.15) is 0 Å². The Bertz CT molecular complexity index is 269. The van der Waals surface area contributed by atoms with Crippen molar-refractivity contribution in [3.8, 4) is 0 Å². The van der Waals surface area contributed by atoms with Crippen LogP contribution in [0.15, 0.2) is 26.2 Å². The van der Waals surface area contributed by atoms with Crippen LogP contribution >= 0.6 is 39.3 Å². The Morgan fingerprint density at radius 1 is 1.27 bits per heavy atom. The van der Waals surface area contributed by atoms with Gasteiger partial charge in [0, 0.05) is 0 Å². The SMILES string of the molecule is O=C1C(Cl)=CC(=NBr)C=C1Cl. The van der Waals surface area contributed by atoms with E-state index in [2.05, 4.69) is 20.2 Å². The highest BCUT2D eigenvalue weighted by atomic mass is 79.9. The number of carbonyl (C=O) groups excluding carboxylic acids is 1. The Labute approximate surface area is 81.9 Å². The molecule has 1 rings (SSSR count). The van der Waals surface area contributed by atoms with Gasteiger partial charge in [0.05, 0.1) is 31.9 Å². The lowest BCUT2D eigenvalue weighted by Gasteiger charge is -2.03. The first-order valence-electron chi connectivity index (χ1n) is 2.63. The Morgan fingerprint density at radius 3 is 2.09 bits per heavy atom. The minimum Gasteiger partial charge on any atom is -0.287 e. The van der Waals surface area contributed by atoms with Crippen molar-refractivity contribution in [3.05, 3.63) is 22.2 Å². The summed E-state index contributed by atoms with van der Waals surface area (Å²) in [4.78, 5) is 10.9. The van der Waals surface area contributed by atoms with Crippen LogP contribution in [0.3, 0.4) is 0 Å². The fraction of sp³-hybridized carbons (Fsp3) is 0. The molecule has 5 heteroatoms. The number of carbonyl (C=O) groups is 1. The van der Waals surface area contributed by atoms with Gasteiger partial charge < -0.3 is 0 Å². The molecular weight excluding hydrogens is 253 g/mol. The average molecular weight is 255 g/mol. The van der Waals surface area contributed by atoms with Crippen molar-refractivity contribution in [3.63, 3.8) is 0 Å². The summed E-state index contributed by atoms with van der Waals surface area (Å²) in [5.74, 6) is -0.367. The van der Waals surface area contributed by atoms with E-state index in [1.54, 1.807) is 0 Å². The molecule has 2 nitrogen and oxygen atoms in total. The highest BCUT2D eigenvalue weighted by Gasteiger charge is 2.16. The van der Waals surface area contributed by atoms with Crippen molar-refractivity contribution in [2.45, 2.75) is 0 Å². The van der Waals surface area contributed by atoms with Crippen LogP contribution in [0.5, 0.6) is 0 Å². The summed E-state index contributed by atoms with van der Waals surface area (Å²) in [5, 5.41) is 0.159. The summed E-state index contributed by atoms with van der Waals surface area (Å²) >= 11 is 13.9. The van der Waals surface area contributed by atoms with Crippen molar-refractivity contribution in [1.82, 2.24) is 0 Å². The van der Waals surface area contributed by atoms with Crippen LogP contribution in [0, 0.1) is 0 Å². The first-order chi connectivity index (χ1) is 5.15. The van der Waals surface area contributed by atoms with Crippen LogP contribution in [-0.4, -0.2) is 11.5 Å². The van der Waals surface area contributed by atoms with E-state index in [0.717, 1.165) is 0 Å². The minimum atomic E-state index is -0.367. The van der Waals surface area contributed by atoms with E-state index >= 15 is 0 Å². The molecule has 0 aliphatic heterocycles. The molecule has 0 amide bonds. The molecule has 0 fully saturated rings. The summed E-state index contributed by atoms with van der Waals surface area (Å²) in [6.45, 7) is 0. The summed E-state index contributed by atoms with van der Waals surface area (Å²) in [6.07, 6.45) is 2.87. The second kappa shape index (κ2) is 3.52. The van der Waals surface area contributed by atoms with Gasteiger partial charge in [0.25, 0.3) is 0 Å². The van der Waals surface area contributed by atoms with E-state index in [4.69, 9.17) is 23.2 Å². The Balaban J connectivity index is 3.07. The summed E-state index contributed by atoms with van der Waals surface area (Å²) in [5.41, 5.74) is 0.527. The van der Waals surface area contributed by atoms with Gasteiger partial charge in [-0.25, -0.2) is 4.02 Å². The van der Waals surface area contributed by atoms with Crippen molar-refractivity contribution in [2.24, 2.45) is 4.02 Å². The molecular formula is C6H2BrCl2NO. The number of hydrogen-bond donors (Lipinski definition) is 0. The summed E-state index contributed by atoms with van der Waals surface area (Å²) < 4.78 is 3.64. The molecule has 0 aromatic rings. The second-order valence-electron chi connectivity index (χ2n) is 1.82. The summed E-state index contributed by atoms with van der Waals surface area (Å²) in [6, 6.07) is 0. The lowest BCUT2D eigenvalue weighted by Crippen LogP contribution is -2.07. The van der Waals surface area contributed by atoms with E-state index < -0.39 is 0 Å². The van der Waals surface area contributed by atoms with E-state index in [1.165, 1.54) is 12.2 Å². The van der Waals surface area contributed by atoms with Gasteiger partial charge in [-0.1, -0.05) is 23.2 Å². The van der Waals surface area contributed by atoms with Crippen LogP contribution in [-0.2, 0) is 4.79 Å². The zero-order valence-electron chi connectivity index (χ0n) is 5.14. The van der Waals surface area contributed by atoms with E-state index in [0.29, 0.717) is 5.71 Å². The van der Waals surface area contributed by atoms with E-state index in [-0.39, 0.29) is 15.8 Å². The molecule has 0 radical (unpaired) electrons. The molecule has 0 bridgehead atoms. The van der Waals surface area contributed by atoms with Crippen molar-refractivity contribution in [2.75, 3.05) is 0 Å². The monoisotopic (exact) mass is 253 g/mol. The van der Waals surface area contributed by atoms with Crippen molar-refractivity contribution in [1.29, 1.82) is 0 Å². The lowest BCUT2D eigenvalue weighted by atomic mass is 10.1. The predicted molar refractivity (Wildman–Crippen MR) is 49.2 cm³/mol. The molecule has 58 valence electrons. The largest absolute Gasteiger partial charge is 0.287 e. The predicted octanol–water partition coefficient (Wildman–Crippen LogP) is 2.57. The third-order valence-electron chi connectivity index (χ3n) is 1.08. The van der Waals surface area contributed by atoms with Crippen molar-refractivity contribution < 1.29 is 4.79 Å². The third-order valence-corrected chi connectivity index (χ3v) is 2.05. The lowest BCUT2D eigenvalue weighted by molar-refractivity contribution is -0.111. The number of hydrogen-bond acceptors (Lipinski definition) is 2. The average Bonchev–Trinajstić information content (AvgIpc) is 1.99. The van der Waals surface area contributed by atoms with Gasteiger partial charge in [-0.3, -0.25) is 4.79 Å².